The van der Waals surface area contributed by atoms with Gasteiger partial charge in [0.2, 0.25) is 6.71 Å². The van der Waals surface area contributed by atoms with Crippen molar-refractivity contribution in [3.63, 3.8) is 0 Å². The van der Waals surface area contributed by atoms with Crippen LogP contribution in [0, 0.1) is 34.5 Å². The quantitative estimate of drug-likeness (QED) is 0.0545. The summed E-state index contributed by atoms with van der Waals surface area (Å²) in [5.41, 5.74) is 9.55. The van der Waals surface area contributed by atoms with E-state index in [0.717, 1.165) is 49.7 Å². The summed E-state index contributed by atoms with van der Waals surface area (Å²) in [5, 5.41) is 5.45. The van der Waals surface area contributed by atoms with Crippen LogP contribution >= 0.6 is 11.3 Å². The van der Waals surface area contributed by atoms with E-state index in [1.165, 1.54) is 87.7 Å². The van der Waals surface area contributed by atoms with Crippen LogP contribution in [0.3, 0.4) is 0 Å². The number of hydrogen-bond acceptors (Lipinski definition) is 3. The predicted molar refractivity (Wildman–Crippen MR) is 316 cm³/mol. The zero-order chi connectivity index (χ0) is 51.5. The first kappa shape index (κ1) is 57.8. The molecular formula is C65H99BN2S. The maximum absolute atomic E-state index is 4.73. The molecule has 4 rings (SSSR count). The number of fused-ring (bicyclic) bond motifs is 4. The number of allylic oxidation sites excluding steroid dienone is 6. The Morgan fingerprint density at radius 2 is 1.52 bits per heavy atom. The van der Waals surface area contributed by atoms with Crippen LogP contribution in [-0.4, -0.2) is 18.8 Å². The van der Waals surface area contributed by atoms with Crippen LogP contribution < -0.4 is 15.0 Å². The molecule has 0 fully saturated rings. The van der Waals surface area contributed by atoms with Crippen LogP contribution in [0.2, 0.25) is 0 Å². The third-order valence-electron chi connectivity index (χ3n) is 16.1. The number of hydrogen-bond donors (Lipinski definition) is 1. The van der Waals surface area contributed by atoms with E-state index in [9.17, 15) is 0 Å². The summed E-state index contributed by atoms with van der Waals surface area (Å²) >= 11 is 2.01. The standard InChI is InChI=1S/C65H99BN2S/c1-21-25-30-48(9)31-27-35-57(50(11)49(10)32-26-22-2)67-45-56-58(42-47(7)8)68(41-29-34-51(23-3)62(12,13)14)60-53-43-54-55(65(19,20)39-38-64(54,17)18)44-59(53)69-61(60)66(56)40-28-33-52(24-4)63(15,16)37-36-46(5)6/h22-24,27-29,31,40-41,43-46,48,51-52,57-58,67H,2-4,7,10-11,21,25-26,30,32-39,42H2,1,5-6,8-9,12-20H3/b31-27+,40-28+,41-29+,56-45-. The molecule has 378 valence electrons. The Labute approximate surface area is 430 Å². The Morgan fingerprint density at radius 3 is 2.10 bits per heavy atom. The normalized spacial score (nSPS) is 19.5. The lowest BCUT2D eigenvalue weighted by Crippen LogP contribution is -2.50. The van der Waals surface area contributed by atoms with Gasteiger partial charge in [0.25, 0.3) is 0 Å². The van der Waals surface area contributed by atoms with E-state index in [2.05, 4.69) is 207 Å². The monoisotopic (exact) mass is 951 g/mol. The highest BCUT2D eigenvalue weighted by Gasteiger charge is 2.43. The molecule has 2 nitrogen and oxygen atoms in total. The molecule has 1 aliphatic heterocycles. The molecular weight excluding hydrogens is 852 g/mol. The minimum Gasteiger partial charge on any atom is -0.384 e. The summed E-state index contributed by atoms with van der Waals surface area (Å²) in [6.45, 7) is 60.0. The fourth-order valence-corrected chi connectivity index (χ4v) is 12.1. The van der Waals surface area contributed by atoms with Crippen molar-refractivity contribution in [3.8, 4) is 0 Å². The van der Waals surface area contributed by atoms with E-state index < -0.39 is 0 Å². The first-order chi connectivity index (χ1) is 32.3. The Hall–Kier alpha value is -3.76. The molecule has 0 radical (unpaired) electrons. The lowest BCUT2D eigenvalue weighted by Gasteiger charge is -2.42. The highest BCUT2D eigenvalue weighted by atomic mass is 32.1. The molecule has 2 aliphatic rings. The van der Waals surface area contributed by atoms with Crippen molar-refractivity contribution in [2.24, 2.45) is 34.5 Å². The lowest BCUT2D eigenvalue weighted by atomic mass is 9.39. The molecule has 4 heteroatoms. The minimum atomic E-state index is -0.00410. The van der Waals surface area contributed by atoms with Gasteiger partial charge < -0.3 is 10.2 Å². The first-order valence-electron chi connectivity index (χ1n) is 27.1. The second kappa shape index (κ2) is 25.1. The third-order valence-corrected chi connectivity index (χ3v) is 17.3. The van der Waals surface area contributed by atoms with Crippen molar-refractivity contribution in [3.05, 3.63) is 146 Å². The molecule has 1 N–H and O–H groups in total. The van der Waals surface area contributed by atoms with Gasteiger partial charge in [0.1, 0.15) is 0 Å². The average Bonchev–Trinajstić information content (AvgIpc) is 3.65. The van der Waals surface area contributed by atoms with Gasteiger partial charge in [-0.2, -0.15) is 0 Å². The molecule has 1 aromatic heterocycles. The van der Waals surface area contributed by atoms with E-state index in [1.807, 2.05) is 17.4 Å². The SMILES string of the molecule is C=CCCC(=C)C(=C)C(C/C=C/C(C)CCCC)N/C=C1\B(/C=C/CC(C=C)C(C)(C)CCC(C)C)c2sc3cc4c(cc3c2N(/C=C/CC(C=C)C(C)(C)C)C1CC(=C)C)C(C)(C)CCC4(C)C. The lowest BCUT2D eigenvalue weighted by molar-refractivity contribution is 0.222. The molecule has 0 bridgehead atoms. The smallest absolute Gasteiger partial charge is 0.249 e. The first-order valence-corrected chi connectivity index (χ1v) is 27.9. The van der Waals surface area contributed by atoms with Gasteiger partial charge in [0, 0.05) is 21.1 Å². The van der Waals surface area contributed by atoms with Crippen LogP contribution in [0.1, 0.15) is 192 Å². The number of benzene rings is 1. The summed E-state index contributed by atoms with van der Waals surface area (Å²) < 4.78 is 2.80. The summed E-state index contributed by atoms with van der Waals surface area (Å²) in [7, 11) is 0. The Bertz CT molecular complexity index is 2220. The molecule has 69 heavy (non-hydrogen) atoms. The molecule has 2 heterocycles. The molecule has 5 unspecified atom stereocenters. The maximum Gasteiger partial charge on any atom is 0.249 e. The van der Waals surface area contributed by atoms with Gasteiger partial charge in [0.05, 0.1) is 17.8 Å². The Kier molecular flexibility index (Phi) is 21.0. The number of nitrogens with one attached hydrogen (secondary N) is 1. The number of rotatable bonds is 27. The van der Waals surface area contributed by atoms with Crippen molar-refractivity contribution in [1.82, 2.24) is 5.32 Å². The summed E-state index contributed by atoms with van der Waals surface area (Å²) in [6.07, 6.45) is 34.7. The molecule has 0 saturated carbocycles. The maximum atomic E-state index is 4.73. The zero-order valence-corrected chi connectivity index (χ0v) is 47.6. The second-order valence-electron chi connectivity index (χ2n) is 24.9. The average molecular weight is 951 g/mol. The van der Waals surface area contributed by atoms with Gasteiger partial charge in [-0.05, 0) is 151 Å². The van der Waals surface area contributed by atoms with Gasteiger partial charge in [-0.3, -0.25) is 0 Å². The topological polar surface area (TPSA) is 15.3 Å². The van der Waals surface area contributed by atoms with Crippen molar-refractivity contribution in [2.75, 3.05) is 4.90 Å². The Morgan fingerprint density at radius 1 is 0.884 bits per heavy atom. The summed E-state index contributed by atoms with van der Waals surface area (Å²) in [4.78, 5) is 2.65. The van der Waals surface area contributed by atoms with E-state index in [-0.39, 0.29) is 40.5 Å². The minimum absolute atomic E-state index is 0.00410. The van der Waals surface area contributed by atoms with Gasteiger partial charge in [-0.15, -0.1) is 43.6 Å². The van der Waals surface area contributed by atoms with Crippen molar-refractivity contribution < 1.29 is 0 Å². The zero-order valence-electron chi connectivity index (χ0n) is 46.8. The van der Waals surface area contributed by atoms with Gasteiger partial charge in [-0.1, -0.05) is 182 Å². The highest BCUT2D eigenvalue weighted by molar-refractivity contribution is 7.31. The van der Waals surface area contributed by atoms with Crippen molar-refractivity contribution >= 4 is 38.6 Å². The van der Waals surface area contributed by atoms with Crippen LogP contribution in [0.15, 0.2) is 135 Å². The fourth-order valence-electron chi connectivity index (χ4n) is 10.8. The predicted octanol–water partition coefficient (Wildman–Crippen LogP) is 18.8. The molecule has 5 atom stereocenters. The van der Waals surface area contributed by atoms with E-state index in [1.54, 1.807) is 0 Å². The van der Waals surface area contributed by atoms with Crippen molar-refractivity contribution in [2.45, 2.75) is 203 Å². The number of nitrogens with zero attached hydrogens (tertiary/aromatic N) is 1. The fraction of sp³-hybridized carbons (Fsp3) is 0.569. The van der Waals surface area contributed by atoms with Crippen molar-refractivity contribution in [1.29, 1.82) is 0 Å². The van der Waals surface area contributed by atoms with Crippen LogP contribution in [-0.2, 0) is 10.8 Å². The number of unbranched alkanes of at least 4 members (excludes halogenated alkanes) is 1. The van der Waals surface area contributed by atoms with Crippen LogP contribution in [0.5, 0.6) is 0 Å². The molecule has 2 aromatic rings. The Balaban J connectivity index is 2.07. The molecule has 0 amide bonds. The highest BCUT2D eigenvalue weighted by Crippen LogP contribution is 2.50. The van der Waals surface area contributed by atoms with Gasteiger partial charge in [0.15, 0.2) is 0 Å². The molecule has 0 spiro atoms. The van der Waals surface area contributed by atoms with E-state index in [0.29, 0.717) is 23.7 Å². The third kappa shape index (κ3) is 15.1. The number of thiophene rings is 1. The number of anilines is 1. The van der Waals surface area contributed by atoms with E-state index >= 15 is 0 Å². The summed E-state index contributed by atoms with van der Waals surface area (Å²) in [5.74, 6) is 4.49. The summed E-state index contributed by atoms with van der Waals surface area (Å²) in [6, 6.07) is 5.23. The van der Waals surface area contributed by atoms with E-state index in [4.69, 9.17) is 6.58 Å². The molecule has 1 aliphatic carbocycles. The van der Waals surface area contributed by atoms with Gasteiger partial charge >= 0.3 is 0 Å². The molecule has 1 aromatic carbocycles. The molecule has 0 saturated heterocycles. The largest absolute Gasteiger partial charge is 0.384 e. The van der Waals surface area contributed by atoms with Gasteiger partial charge in [-0.25, -0.2) is 0 Å². The second-order valence-corrected chi connectivity index (χ2v) is 26.0. The van der Waals surface area contributed by atoms with Crippen LogP contribution in [0.4, 0.5) is 5.69 Å². The van der Waals surface area contributed by atoms with Crippen LogP contribution in [0.25, 0.3) is 10.1 Å².